The lowest BCUT2D eigenvalue weighted by Crippen LogP contribution is -2.23. The summed E-state index contributed by atoms with van der Waals surface area (Å²) < 4.78 is 0. The SMILES string of the molecule is Cc1n[nH]c(C)c1CNC(=O)c1ccccc1O. The first-order valence-corrected chi connectivity index (χ1v) is 5.66. The molecule has 1 aromatic heterocycles. The molecule has 5 nitrogen and oxygen atoms in total. The summed E-state index contributed by atoms with van der Waals surface area (Å²) >= 11 is 0. The molecule has 1 heterocycles. The third kappa shape index (κ3) is 2.34. The van der Waals surface area contributed by atoms with Gasteiger partial charge in [-0.2, -0.15) is 5.10 Å². The molecule has 5 heteroatoms. The van der Waals surface area contributed by atoms with Crippen molar-refractivity contribution in [2.24, 2.45) is 0 Å². The topological polar surface area (TPSA) is 78.0 Å². The Bertz CT molecular complexity index is 556. The highest BCUT2D eigenvalue weighted by molar-refractivity contribution is 5.96. The number of nitrogens with one attached hydrogen (secondary N) is 2. The molecule has 94 valence electrons. The Hall–Kier alpha value is -2.30. The molecule has 0 saturated carbocycles. The molecule has 0 aliphatic rings. The lowest BCUT2D eigenvalue weighted by atomic mass is 10.1. The van der Waals surface area contributed by atoms with Gasteiger partial charge in [0.15, 0.2) is 0 Å². The van der Waals surface area contributed by atoms with E-state index in [0.717, 1.165) is 17.0 Å². The number of phenols is 1. The zero-order chi connectivity index (χ0) is 13.1. The van der Waals surface area contributed by atoms with E-state index in [1.54, 1.807) is 18.2 Å². The number of aromatic hydroxyl groups is 1. The van der Waals surface area contributed by atoms with Crippen molar-refractivity contribution in [3.63, 3.8) is 0 Å². The van der Waals surface area contributed by atoms with Gasteiger partial charge in [0.2, 0.25) is 0 Å². The van der Waals surface area contributed by atoms with Gasteiger partial charge in [0.05, 0.1) is 11.3 Å². The number of hydrogen-bond acceptors (Lipinski definition) is 3. The predicted molar refractivity (Wildman–Crippen MR) is 67.3 cm³/mol. The van der Waals surface area contributed by atoms with Gasteiger partial charge in [-0.05, 0) is 26.0 Å². The average molecular weight is 245 g/mol. The van der Waals surface area contributed by atoms with E-state index in [0.29, 0.717) is 6.54 Å². The number of amides is 1. The Balaban J connectivity index is 2.08. The minimum Gasteiger partial charge on any atom is -0.507 e. The van der Waals surface area contributed by atoms with E-state index >= 15 is 0 Å². The maximum atomic E-state index is 11.9. The third-order valence-electron chi connectivity index (χ3n) is 2.86. The van der Waals surface area contributed by atoms with Gasteiger partial charge in [0, 0.05) is 17.8 Å². The summed E-state index contributed by atoms with van der Waals surface area (Å²) in [6, 6.07) is 6.46. The Labute approximate surface area is 105 Å². The zero-order valence-electron chi connectivity index (χ0n) is 10.3. The molecule has 0 aliphatic heterocycles. The van der Waals surface area contributed by atoms with E-state index in [-0.39, 0.29) is 17.2 Å². The van der Waals surface area contributed by atoms with E-state index < -0.39 is 0 Å². The maximum Gasteiger partial charge on any atom is 0.255 e. The first-order chi connectivity index (χ1) is 8.59. The van der Waals surface area contributed by atoms with Crippen LogP contribution in [0.2, 0.25) is 0 Å². The van der Waals surface area contributed by atoms with E-state index in [9.17, 15) is 9.90 Å². The number of hydrogen-bond donors (Lipinski definition) is 3. The molecule has 18 heavy (non-hydrogen) atoms. The van der Waals surface area contributed by atoms with Crippen molar-refractivity contribution in [1.29, 1.82) is 0 Å². The molecule has 2 aromatic rings. The average Bonchev–Trinajstić information content (AvgIpc) is 2.67. The monoisotopic (exact) mass is 245 g/mol. The van der Waals surface area contributed by atoms with Crippen molar-refractivity contribution in [2.75, 3.05) is 0 Å². The number of aromatic amines is 1. The zero-order valence-corrected chi connectivity index (χ0v) is 10.3. The van der Waals surface area contributed by atoms with E-state index in [1.165, 1.54) is 6.07 Å². The molecule has 0 atom stereocenters. The van der Waals surface area contributed by atoms with Crippen LogP contribution in [0.25, 0.3) is 0 Å². The smallest absolute Gasteiger partial charge is 0.255 e. The normalized spacial score (nSPS) is 10.3. The first kappa shape index (κ1) is 12.2. The second-order valence-corrected chi connectivity index (χ2v) is 4.11. The summed E-state index contributed by atoms with van der Waals surface area (Å²) in [5.74, 6) is -0.316. The number of carbonyl (C=O) groups is 1. The predicted octanol–water partition coefficient (Wildman–Crippen LogP) is 1.66. The summed E-state index contributed by atoms with van der Waals surface area (Å²) in [5, 5.41) is 19.3. The molecule has 1 amide bonds. The van der Waals surface area contributed by atoms with Gasteiger partial charge in [0.1, 0.15) is 5.75 Å². The summed E-state index contributed by atoms with van der Waals surface area (Å²) in [6.07, 6.45) is 0. The number of carbonyl (C=O) groups excluding carboxylic acids is 1. The van der Waals surface area contributed by atoms with Crippen molar-refractivity contribution < 1.29 is 9.90 Å². The van der Waals surface area contributed by atoms with Crippen molar-refractivity contribution in [3.05, 3.63) is 46.8 Å². The van der Waals surface area contributed by atoms with Crippen LogP contribution in [0.5, 0.6) is 5.75 Å². The molecule has 3 N–H and O–H groups in total. The van der Waals surface area contributed by atoms with E-state index in [2.05, 4.69) is 15.5 Å². The van der Waals surface area contributed by atoms with Gasteiger partial charge < -0.3 is 10.4 Å². The van der Waals surface area contributed by atoms with Crippen molar-refractivity contribution in [3.8, 4) is 5.75 Å². The van der Waals surface area contributed by atoms with Crippen molar-refractivity contribution >= 4 is 5.91 Å². The Morgan fingerprint density at radius 2 is 2.11 bits per heavy atom. The number of benzene rings is 1. The van der Waals surface area contributed by atoms with Crippen LogP contribution < -0.4 is 5.32 Å². The molecular formula is C13H15N3O2. The highest BCUT2D eigenvalue weighted by Gasteiger charge is 2.12. The van der Waals surface area contributed by atoms with Crippen LogP contribution in [0.4, 0.5) is 0 Å². The first-order valence-electron chi connectivity index (χ1n) is 5.66. The number of phenolic OH excluding ortho intramolecular Hbond substituents is 1. The summed E-state index contributed by atoms with van der Waals surface area (Å²) in [6.45, 7) is 4.17. The van der Waals surface area contributed by atoms with Gasteiger partial charge in [-0.15, -0.1) is 0 Å². The van der Waals surface area contributed by atoms with Gasteiger partial charge >= 0.3 is 0 Å². The molecule has 0 fully saturated rings. The lowest BCUT2D eigenvalue weighted by molar-refractivity contribution is 0.0948. The van der Waals surface area contributed by atoms with Crippen LogP contribution in [0.1, 0.15) is 27.3 Å². The Kier molecular flexibility index (Phi) is 3.32. The molecule has 0 spiro atoms. The third-order valence-corrected chi connectivity index (χ3v) is 2.86. The minimum absolute atomic E-state index is 0.0179. The largest absolute Gasteiger partial charge is 0.507 e. The molecule has 2 rings (SSSR count). The van der Waals surface area contributed by atoms with Gasteiger partial charge in [-0.25, -0.2) is 0 Å². The number of H-pyrrole nitrogens is 1. The highest BCUT2D eigenvalue weighted by atomic mass is 16.3. The van der Waals surface area contributed by atoms with Gasteiger partial charge in [-0.3, -0.25) is 9.89 Å². The van der Waals surface area contributed by atoms with Crippen molar-refractivity contribution in [1.82, 2.24) is 15.5 Å². The van der Waals surface area contributed by atoms with E-state index in [1.807, 2.05) is 13.8 Å². The van der Waals surface area contributed by atoms with Crippen molar-refractivity contribution in [2.45, 2.75) is 20.4 Å². The number of aryl methyl sites for hydroxylation is 2. The maximum absolute atomic E-state index is 11.9. The standard InChI is InChI=1S/C13H15N3O2/c1-8-11(9(2)16-15-8)7-14-13(18)10-5-3-4-6-12(10)17/h3-6,17H,7H2,1-2H3,(H,14,18)(H,15,16). The quantitative estimate of drug-likeness (QED) is 0.769. The van der Waals surface area contributed by atoms with E-state index in [4.69, 9.17) is 0 Å². The summed E-state index contributed by atoms with van der Waals surface area (Å²) in [5.41, 5.74) is 3.05. The lowest BCUT2D eigenvalue weighted by Gasteiger charge is -2.06. The number of aromatic nitrogens is 2. The fraction of sp³-hybridized carbons (Fsp3) is 0.231. The molecule has 0 radical (unpaired) electrons. The van der Waals surface area contributed by atoms with Gasteiger partial charge in [-0.1, -0.05) is 12.1 Å². The van der Waals surface area contributed by atoms with Crippen LogP contribution >= 0.6 is 0 Å². The number of nitrogens with zero attached hydrogens (tertiary/aromatic N) is 1. The van der Waals surface area contributed by atoms with Crippen LogP contribution in [-0.4, -0.2) is 21.2 Å². The fourth-order valence-corrected chi connectivity index (χ4v) is 1.76. The fourth-order valence-electron chi connectivity index (χ4n) is 1.76. The van der Waals surface area contributed by atoms with Crippen LogP contribution in [-0.2, 0) is 6.54 Å². The molecule has 0 bridgehead atoms. The van der Waals surface area contributed by atoms with Crippen LogP contribution in [0.15, 0.2) is 24.3 Å². The molecule has 1 aromatic carbocycles. The second kappa shape index (κ2) is 4.91. The second-order valence-electron chi connectivity index (χ2n) is 4.11. The Morgan fingerprint density at radius 3 is 2.72 bits per heavy atom. The molecular weight excluding hydrogens is 230 g/mol. The van der Waals surface area contributed by atoms with Crippen LogP contribution in [0, 0.1) is 13.8 Å². The Morgan fingerprint density at radius 1 is 1.39 bits per heavy atom. The molecule has 0 aliphatic carbocycles. The molecule has 0 unspecified atom stereocenters. The minimum atomic E-state index is -0.298. The number of para-hydroxylation sites is 1. The summed E-state index contributed by atoms with van der Waals surface area (Å²) in [7, 11) is 0. The number of rotatable bonds is 3. The van der Waals surface area contributed by atoms with Gasteiger partial charge in [0.25, 0.3) is 5.91 Å². The molecule has 0 saturated heterocycles. The summed E-state index contributed by atoms with van der Waals surface area (Å²) in [4.78, 5) is 11.9. The highest BCUT2D eigenvalue weighted by Crippen LogP contribution is 2.15. The van der Waals surface area contributed by atoms with Crippen LogP contribution in [0.3, 0.4) is 0 Å².